The van der Waals surface area contributed by atoms with Crippen LogP contribution in [0.4, 0.5) is 5.69 Å². The molecule has 1 atom stereocenters. The maximum absolute atomic E-state index is 12.2. The highest BCUT2D eigenvalue weighted by Gasteiger charge is 2.21. The zero-order chi connectivity index (χ0) is 21.3. The molecule has 1 aliphatic heterocycles. The standard InChI is InChI=1S/C24H31N3O3/c1-18-9-8-10-19(2)22(18)26-24(29)23(28)25-13-6-7-14-27-15-16-30-21(17-27)20-11-4-3-5-12-20/h3-5,8-12,21H,6-7,13-17H2,1-2H3,(H,25,28)(H,26,29). The van der Waals surface area contributed by atoms with Gasteiger partial charge in [-0.15, -0.1) is 0 Å². The molecule has 6 nitrogen and oxygen atoms in total. The minimum Gasteiger partial charge on any atom is -0.371 e. The van der Waals surface area contributed by atoms with E-state index in [-0.39, 0.29) is 6.10 Å². The molecule has 0 aromatic heterocycles. The molecule has 2 aromatic rings. The Hall–Kier alpha value is -2.70. The van der Waals surface area contributed by atoms with Crippen LogP contribution >= 0.6 is 0 Å². The molecule has 2 N–H and O–H groups in total. The molecule has 1 unspecified atom stereocenters. The molecule has 0 spiro atoms. The van der Waals surface area contributed by atoms with Crippen LogP contribution in [0, 0.1) is 13.8 Å². The Labute approximate surface area is 178 Å². The van der Waals surface area contributed by atoms with E-state index >= 15 is 0 Å². The Morgan fingerprint density at radius 3 is 2.47 bits per heavy atom. The number of nitrogens with zero attached hydrogens (tertiary/aromatic N) is 1. The molecule has 0 saturated carbocycles. The molecule has 30 heavy (non-hydrogen) atoms. The maximum Gasteiger partial charge on any atom is 0.313 e. The van der Waals surface area contributed by atoms with Gasteiger partial charge in [0.2, 0.25) is 0 Å². The first-order valence-electron chi connectivity index (χ1n) is 10.6. The van der Waals surface area contributed by atoms with Gasteiger partial charge in [-0.05, 0) is 49.9 Å². The lowest BCUT2D eigenvalue weighted by atomic mass is 10.1. The number of carbonyl (C=O) groups excluding carboxylic acids is 2. The van der Waals surface area contributed by atoms with E-state index in [1.54, 1.807) is 0 Å². The van der Waals surface area contributed by atoms with E-state index in [4.69, 9.17) is 4.74 Å². The molecule has 0 bridgehead atoms. The van der Waals surface area contributed by atoms with E-state index in [0.717, 1.165) is 50.2 Å². The van der Waals surface area contributed by atoms with Crippen LogP contribution in [-0.2, 0) is 14.3 Å². The topological polar surface area (TPSA) is 70.7 Å². The smallest absolute Gasteiger partial charge is 0.313 e. The Bertz CT molecular complexity index is 834. The number of unbranched alkanes of at least 4 members (excludes halogenated alkanes) is 1. The van der Waals surface area contributed by atoms with Gasteiger partial charge < -0.3 is 15.4 Å². The van der Waals surface area contributed by atoms with E-state index in [2.05, 4.69) is 27.7 Å². The van der Waals surface area contributed by atoms with Crippen LogP contribution < -0.4 is 10.6 Å². The number of benzene rings is 2. The summed E-state index contributed by atoms with van der Waals surface area (Å²) in [7, 11) is 0. The van der Waals surface area contributed by atoms with Gasteiger partial charge in [0.25, 0.3) is 0 Å². The number of para-hydroxylation sites is 1. The summed E-state index contributed by atoms with van der Waals surface area (Å²) < 4.78 is 5.90. The Kier molecular flexibility index (Phi) is 7.99. The van der Waals surface area contributed by atoms with Crippen molar-refractivity contribution in [3.8, 4) is 0 Å². The number of ether oxygens (including phenoxy) is 1. The summed E-state index contributed by atoms with van der Waals surface area (Å²) in [5, 5.41) is 5.44. The molecule has 0 radical (unpaired) electrons. The number of carbonyl (C=O) groups is 2. The van der Waals surface area contributed by atoms with Gasteiger partial charge in [-0.3, -0.25) is 14.5 Å². The fourth-order valence-corrected chi connectivity index (χ4v) is 3.70. The largest absolute Gasteiger partial charge is 0.371 e. The first-order chi connectivity index (χ1) is 14.5. The van der Waals surface area contributed by atoms with Crippen LogP contribution in [0.25, 0.3) is 0 Å². The first kappa shape index (κ1) is 22.0. The third kappa shape index (κ3) is 6.15. The third-order valence-corrected chi connectivity index (χ3v) is 5.43. The van der Waals surface area contributed by atoms with Crippen molar-refractivity contribution < 1.29 is 14.3 Å². The highest BCUT2D eigenvalue weighted by molar-refractivity contribution is 6.39. The lowest BCUT2D eigenvalue weighted by Gasteiger charge is -2.33. The molecule has 2 aromatic carbocycles. The zero-order valence-electron chi connectivity index (χ0n) is 17.8. The van der Waals surface area contributed by atoms with Crippen molar-refractivity contribution in [3.05, 3.63) is 65.2 Å². The van der Waals surface area contributed by atoms with E-state index in [1.165, 1.54) is 5.56 Å². The number of hydrogen-bond acceptors (Lipinski definition) is 4. The number of morpholine rings is 1. The van der Waals surface area contributed by atoms with Gasteiger partial charge in [0.15, 0.2) is 0 Å². The van der Waals surface area contributed by atoms with Crippen LogP contribution in [0.1, 0.15) is 35.6 Å². The lowest BCUT2D eigenvalue weighted by molar-refractivity contribution is -0.136. The highest BCUT2D eigenvalue weighted by Crippen LogP contribution is 2.22. The average Bonchev–Trinajstić information content (AvgIpc) is 2.76. The normalized spacial score (nSPS) is 16.8. The predicted octanol–water partition coefficient (Wildman–Crippen LogP) is 3.21. The van der Waals surface area contributed by atoms with Crippen LogP contribution in [-0.4, -0.2) is 49.5 Å². The fourth-order valence-electron chi connectivity index (χ4n) is 3.70. The molecule has 1 heterocycles. The quantitative estimate of drug-likeness (QED) is 0.544. The second kappa shape index (κ2) is 10.9. The molecule has 2 amide bonds. The summed E-state index contributed by atoms with van der Waals surface area (Å²) in [4.78, 5) is 26.6. The molecule has 1 fully saturated rings. The van der Waals surface area contributed by atoms with E-state index < -0.39 is 11.8 Å². The van der Waals surface area contributed by atoms with Gasteiger partial charge in [0.1, 0.15) is 0 Å². The molecule has 3 rings (SSSR count). The minimum absolute atomic E-state index is 0.119. The van der Waals surface area contributed by atoms with Gasteiger partial charge in [-0.2, -0.15) is 0 Å². The van der Waals surface area contributed by atoms with Gasteiger partial charge in [-0.1, -0.05) is 48.5 Å². The van der Waals surface area contributed by atoms with Crippen molar-refractivity contribution in [2.75, 3.05) is 38.1 Å². The molecule has 1 saturated heterocycles. The van der Waals surface area contributed by atoms with Crippen molar-refractivity contribution in [2.45, 2.75) is 32.8 Å². The Morgan fingerprint density at radius 2 is 1.73 bits per heavy atom. The van der Waals surface area contributed by atoms with Gasteiger partial charge in [-0.25, -0.2) is 0 Å². The molecular formula is C24H31N3O3. The number of aryl methyl sites for hydroxylation is 2. The lowest BCUT2D eigenvalue weighted by Crippen LogP contribution is -2.39. The molecule has 0 aliphatic carbocycles. The van der Waals surface area contributed by atoms with Crippen molar-refractivity contribution in [1.82, 2.24) is 10.2 Å². The van der Waals surface area contributed by atoms with Crippen LogP contribution in [0.15, 0.2) is 48.5 Å². The summed E-state index contributed by atoms with van der Waals surface area (Å²) in [5.41, 5.74) is 3.80. The molecular weight excluding hydrogens is 378 g/mol. The average molecular weight is 410 g/mol. The van der Waals surface area contributed by atoms with Crippen LogP contribution in [0.2, 0.25) is 0 Å². The van der Waals surface area contributed by atoms with Crippen molar-refractivity contribution >= 4 is 17.5 Å². The van der Waals surface area contributed by atoms with E-state index in [0.29, 0.717) is 12.2 Å². The summed E-state index contributed by atoms with van der Waals surface area (Å²) in [6.45, 7) is 7.81. The highest BCUT2D eigenvalue weighted by atomic mass is 16.5. The predicted molar refractivity (Wildman–Crippen MR) is 118 cm³/mol. The van der Waals surface area contributed by atoms with Crippen molar-refractivity contribution in [3.63, 3.8) is 0 Å². The van der Waals surface area contributed by atoms with Crippen molar-refractivity contribution in [1.29, 1.82) is 0 Å². The summed E-state index contributed by atoms with van der Waals surface area (Å²) in [5.74, 6) is -1.21. The van der Waals surface area contributed by atoms with Crippen LogP contribution in [0.3, 0.4) is 0 Å². The SMILES string of the molecule is Cc1cccc(C)c1NC(=O)C(=O)NCCCCN1CCOC(c2ccccc2)C1. The molecule has 6 heteroatoms. The third-order valence-electron chi connectivity index (χ3n) is 5.43. The number of nitrogens with one attached hydrogen (secondary N) is 2. The van der Waals surface area contributed by atoms with E-state index in [9.17, 15) is 9.59 Å². The monoisotopic (exact) mass is 409 g/mol. The Morgan fingerprint density at radius 1 is 1.00 bits per heavy atom. The number of anilines is 1. The summed E-state index contributed by atoms with van der Waals surface area (Å²) >= 11 is 0. The Balaban J connectivity index is 1.35. The molecule has 1 aliphatic rings. The van der Waals surface area contributed by atoms with Gasteiger partial charge in [0.05, 0.1) is 12.7 Å². The maximum atomic E-state index is 12.2. The molecule has 160 valence electrons. The first-order valence-corrected chi connectivity index (χ1v) is 10.6. The summed E-state index contributed by atoms with van der Waals surface area (Å²) in [6.07, 6.45) is 1.91. The number of rotatable bonds is 7. The second-order valence-corrected chi connectivity index (χ2v) is 7.75. The fraction of sp³-hybridized carbons (Fsp3) is 0.417. The minimum atomic E-state index is -0.619. The summed E-state index contributed by atoms with van der Waals surface area (Å²) in [6, 6.07) is 16.1. The zero-order valence-corrected chi connectivity index (χ0v) is 17.8. The number of hydrogen-bond donors (Lipinski definition) is 2. The van der Waals surface area contributed by atoms with Crippen molar-refractivity contribution in [2.24, 2.45) is 0 Å². The number of amides is 2. The van der Waals surface area contributed by atoms with E-state index in [1.807, 2.05) is 50.2 Å². The second-order valence-electron chi connectivity index (χ2n) is 7.75. The van der Waals surface area contributed by atoms with Gasteiger partial charge in [0, 0.05) is 25.3 Å². The van der Waals surface area contributed by atoms with Crippen LogP contribution in [0.5, 0.6) is 0 Å². The van der Waals surface area contributed by atoms with Gasteiger partial charge >= 0.3 is 11.8 Å².